The summed E-state index contributed by atoms with van der Waals surface area (Å²) in [7, 11) is 0. The van der Waals surface area contributed by atoms with Crippen molar-refractivity contribution < 1.29 is 4.92 Å². The lowest BCUT2D eigenvalue weighted by Crippen LogP contribution is -1.87. The molecule has 0 bridgehead atoms. The summed E-state index contributed by atoms with van der Waals surface area (Å²) in [5, 5.41) is 17.5. The molecule has 0 fully saturated rings. The van der Waals surface area contributed by atoms with Crippen LogP contribution < -0.4 is 0 Å². The molecular formula is C18H11NO2. The number of fused-ring (bicyclic) bond motifs is 4. The van der Waals surface area contributed by atoms with E-state index < -0.39 is 0 Å². The maximum absolute atomic E-state index is 10.9. The monoisotopic (exact) mass is 273 g/mol. The number of nitrogens with zero attached hydrogens (tertiary/aromatic N) is 1. The first-order valence-electron chi connectivity index (χ1n) is 6.72. The van der Waals surface area contributed by atoms with Gasteiger partial charge in [-0.25, -0.2) is 0 Å². The van der Waals surface area contributed by atoms with E-state index in [-0.39, 0.29) is 10.6 Å². The maximum Gasteiger partial charge on any atom is 0.270 e. The zero-order valence-corrected chi connectivity index (χ0v) is 11.1. The number of non-ortho nitro benzene ring substituents is 1. The Hall–Kier alpha value is -2.94. The Morgan fingerprint density at radius 2 is 1.43 bits per heavy atom. The van der Waals surface area contributed by atoms with E-state index >= 15 is 0 Å². The average molecular weight is 273 g/mol. The summed E-state index contributed by atoms with van der Waals surface area (Å²) in [5.74, 6) is 0. The van der Waals surface area contributed by atoms with E-state index in [0.717, 1.165) is 21.5 Å². The molecule has 3 heteroatoms. The largest absolute Gasteiger partial charge is 0.270 e. The molecule has 4 rings (SSSR count). The third-order valence-electron chi connectivity index (χ3n) is 3.90. The summed E-state index contributed by atoms with van der Waals surface area (Å²) in [6, 6.07) is 21.5. The SMILES string of the molecule is O=[N+]([O-])c1ccc2cc3ccc4ccccc4c3cc2c1. The standard InChI is InChI=1S/C18H11NO2/c20-19(21)16-8-7-13-9-14-6-5-12-3-1-2-4-17(12)18(14)11-15(13)10-16/h1-11H. The summed E-state index contributed by atoms with van der Waals surface area (Å²) in [6.07, 6.45) is 0. The second-order valence-electron chi connectivity index (χ2n) is 5.15. The maximum atomic E-state index is 10.9. The Morgan fingerprint density at radius 3 is 2.29 bits per heavy atom. The zero-order chi connectivity index (χ0) is 14.4. The molecule has 0 unspecified atom stereocenters. The minimum atomic E-state index is -0.354. The minimum Gasteiger partial charge on any atom is -0.258 e. The molecule has 0 N–H and O–H groups in total. The molecule has 4 aromatic rings. The fourth-order valence-electron chi connectivity index (χ4n) is 2.85. The zero-order valence-electron chi connectivity index (χ0n) is 11.1. The molecule has 0 aliphatic carbocycles. The van der Waals surface area contributed by atoms with Gasteiger partial charge in [-0.05, 0) is 50.5 Å². The van der Waals surface area contributed by atoms with E-state index in [4.69, 9.17) is 0 Å². The molecule has 0 saturated carbocycles. The highest BCUT2D eigenvalue weighted by molar-refractivity contribution is 6.12. The lowest BCUT2D eigenvalue weighted by Gasteiger charge is -2.06. The second kappa shape index (κ2) is 4.28. The van der Waals surface area contributed by atoms with Gasteiger partial charge in [-0.3, -0.25) is 10.1 Å². The molecule has 21 heavy (non-hydrogen) atoms. The second-order valence-corrected chi connectivity index (χ2v) is 5.15. The highest BCUT2D eigenvalue weighted by Gasteiger charge is 2.08. The molecule has 0 saturated heterocycles. The van der Waals surface area contributed by atoms with Crippen LogP contribution in [0.4, 0.5) is 5.69 Å². The summed E-state index contributed by atoms with van der Waals surface area (Å²) in [5.41, 5.74) is 0.127. The van der Waals surface area contributed by atoms with Crippen molar-refractivity contribution in [2.45, 2.75) is 0 Å². The van der Waals surface area contributed by atoms with Crippen molar-refractivity contribution in [1.82, 2.24) is 0 Å². The van der Waals surface area contributed by atoms with Gasteiger partial charge in [0.25, 0.3) is 5.69 Å². The van der Waals surface area contributed by atoms with Gasteiger partial charge in [0.2, 0.25) is 0 Å². The van der Waals surface area contributed by atoms with Crippen LogP contribution >= 0.6 is 0 Å². The van der Waals surface area contributed by atoms with Gasteiger partial charge in [-0.2, -0.15) is 0 Å². The van der Waals surface area contributed by atoms with E-state index in [1.807, 2.05) is 24.3 Å². The average Bonchev–Trinajstić information content (AvgIpc) is 2.52. The van der Waals surface area contributed by atoms with Crippen LogP contribution in [0, 0.1) is 10.1 Å². The number of nitro groups is 1. The smallest absolute Gasteiger partial charge is 0.258 e. The van der Waals surface area contributed by atoms with Crippen molar-refractivity contribution in [1.29, 1.82) is 0 Å². The summed E-state index contributed by atoms with van der Waals surface area (Å²) < 4.78 is 0. The van der Waals surface area contributed by atoms with Crippen LogP contribution in [0.15, 0.2) is 66.7 Å². The number of hydrogen-bond acceptors (Lipinski definition) is 2. The summed E-state index contributed by atoms with van der Waals surface area (Å²) in [4.78, 5) is 10.6. The molecule has 0 radical (unpaired) electrons. The molecule has 3 nitrogen and oxygen atoms in total. The van der Waals surface area contributed by atoms with Gasteiger partial charge in [0.05, 0.1) is 4.92 Å². The minimum absolute atomic E-state index is 0.127. The van der Waals surface area contributed by atoms with E-state index in [9.17, 15) is 10.1 Å². The Bertz CT molecular complexity index is 1020. The summed E-state index contributed by atoms with van der Waals surface area (Å²) in [6.45, 7) is 0. The Morgan fingerprint density at radius 1 is 0.667 bits per heavy atom. The van der Waals surface area contributed by atoms with Gasteiger partial charge >= 0.3 is 0 Å². The molecule has 0 aliphatic rings. The fraction of sp³-hybridized carbons (Fsp3) is 0. The number of benzene rings is 4. The molecule has 0 heterocycles. The molecule has 0 aromatic heterocycles. The Kier molecular flexibility index (Phi) is 2.42. The Balaban J connectivity index is 2.14. The van der Waals surface area contributed by atoms with Gasteiger partial charge in [-0.15, -0.1) is 0 Å². The molecule has 0 atom stereocenters. The first-order valence-corrected chi connectivity index (χ1v) is 6.72. The summed E-state index contributed by atoms with van der Waals surface area (Å²) >= 11 is 0. The molecular weight excluding hydrogens is 262 g/mol. The van der Waals surface area contributed by atoms with Gasteiger partial charge in [0.1, 0.15) is 0 Å². The van der Waals surface area contributed by atoms with Crippen LogP contribution in [-0.2, 0) is 0 Å². The van der Waals surface area contributed by atoms with Crippen LogP contribution in [0.2, 0.25) is 0 Å². The van der Waals surface area contributed by atoms with Crippen LogP contribution in [0.3, 0.4) is 0 Å². The van der Waals surface area contributed by atoms with Crippen LogP contribution in [0.5, 0.6) is 0 Å². The Labute approximate surface area is 120 Å². The van der Waals surface area contributed by atoms with Crippen LogP contribution in [0.25, 0.3) is 32.3 Å². The number of nitro benzene ring substituents is 1. The molecule has 0 aliphatic heterocycles. The molecule has 4 aromatic carbocycles. The van der Waals surface area contributed by atoms with Crippen molar-refractivity contribution >= 4 is 38.0 Å². The quantitative estimate of drug-likeness (QED) is 0.211. The molecule has 0 amide bonds. The lowest BCUT2D eigenvalue weighted by molar-refractivity contribution is -0.384. The topological polar surface area (TPSA) is 43.1 Å². The first-order chi connectivity index (χ1) is 10.2. The predicted octanol–water partition coefficient (Wildman–Crippen LogP) is 5.05. The van der Waals surface area contributed by atoms with Gasteiger partial charge in [-0.1, -0.05) is 36.4 Å². The van der Waals surface area contributed by atoms with Crippen molar-refractivity contribution in [3.8, 4) is 0 Å². The van der Waals surface area contributed by atoms with Crippen molar-refractivity contribution in [2.75, 3.05) is 0 Å². The van der Waals surface area contributed by atoms with E-state index in [2.05, 4.69) is 30.3 Å². The predicted molar refractivity (Wildman–Crippen MR) is 85.6 cm³/mol. The molecule has 0 spiro atoms. The number of hydrogen-bond donors (Lipinski definition) is 0. The van der Waals surface area contributed by atoms with E-state index in [1.54, 1.807) is 12.1 Å². The van der Waals surface area contributed by atoms with Crippen LogP contribution in [0.1, 0.15) is 0 Å². The third-order valence-corrected chi connectivity index (χ3v) is 3.90. The third kappa shape index (κ3) is 1.82. The van der Waals surface area contributed by atoms with Gasteiger partial charge in [0, 0.05) is 12.1 Å². The van der Waals surface area contributed by atoms with Crippen molar-refractivity contribution in [2.24, 2.45) is 0 Å². The van der Waals surface area contributed by atoms with Crippen LogP contribution in [-0.4, -0.2) is 4.92 Å². The van der Waals surface area contributed by atoms with E-state index in [0.29, 0.717) is 0 Å². The highest BCUT2D eigenvalue weighted by Crippen LogP contribution is 2.30. The first kappa shape index (κ1) is 11.9. The number of rotatable bonds is 1. The van der Waals surface area contributed by atoms with Crippen molar-refractivity contribution in [3.05, 3.63) is 76.8 Å². The normalized spacial score (nSPS) is 11.2. The van der Waals surface area contributed by atoms with Gasteiger partial charge in [0.15, 0.2) is 0 Å². The fourth-order valence-corrected chi connectivity index (χ4v) is 2.85. The van der Waals surface area contributed by atoms with E-state index in [1.165, 1.54) is 10.8 Å². The van der Waals surface area contributed by atoms with Gasteiger partial charge < -0.3 is 0 Å². The van der Waals surface area contributed by atoms with Crippen molar-refractivity contribution in [3.63, 3.8) is 0 Å². The lowest BCUT2D eigenvalue weighted by atomic mass is 9.98. The highest BCUT2D eigenvalue weighted by atomic mass is 16.6. The molecule has 100 valence electrons.